The molecule has 15 heavy (non-hydrogen) atoms. The molecule has 0 unspecified atom stereocenters. The van der Waals surface area contributed by atoms with Crippen molar-refractivity contribution in [2.45, 2.75) is 6.10 Å². The molecule has 2 rings (SSSR count). The molecule has 0 saturated carbocycles. The zero-order chi connectivity index (χ0) is 9.80. The summed E-state index contributed by atoms with van der Waals surface area (Å²) in [6.07, 6.45) is -0.516. The number of hydrogen-bond acceptors (Lipinski definition) is 1. The van der Waals surface area contributed by atoms with Crippen LogP contribution in [0.1, 0.15) is 18.7 Å². The van der Waals surface area contributed by atoms with Gasteiger partial charge < -0.3 is 6.53 Å². The Morgan fingerprint density at radius 1 is 0.733 bits per heavy atom. The summed E-state index contributed by atoms with van der Waals surface area (Å²) in [6, 6.07) is 19.3. The molecule has 0 amide bonds. The Morgan fingerprint density at radius 3 is 1.40 bits per heavy atom. The Balaban J connectivity index is 0.00000112. The Morgan fingerprint density at radius 2 is 1.07 bits per heavy atom. The molecule has 0 heterocycles. The van der Waals surface area contributed by atoms with E-state index in [0.29, 0.717) is 0 Å². The molecule has 2 heteroatoms. The Hall–Kier alpha value is -0.600. The van der Waals surface area contributed by atoms with Crippen molar-refractivity contribution in [1.29, 1.82) is 0 Å². The van der Waals surface area contributed by atoms with E-state index in [9.17, 15) is 5.11 Å². The van der Waals surface area contributed by atoms with Gasteiger partial charge in [-0.25, -0.2) is 0 Å². The quantitative estimate of drug-likeness (QED) is 0.682. The van der Waals surface area contributed by atoms with Gasteiger partial charge in [0.2, 0.25) is 0 Å². The maximum absolute atomic E-state index is 9.99. The fourth-order valence-electron chi connectivity index (χ4n) is 1.46. The van der Waals surface area contributed by atoms with Gasteiger partial charge in [-0.3, -0.25) is 0 Å². The van der Waals surface area contributed by atoms with Crippen LogP contribution in [0, 0.1) is 0 Å². The number of benzene rings is 2. The van der Waals surface area contributed by atoms with Crippen molar-refractivity contribution in [2.24, 2.45) is 0 Å². The number of aliphatic hydroxyl groups excluding tert-OH is 1. The molecule has 1 N–H and O–H groups in total. The summed E-state index contributed by atoms with van der Waals surface area (Å²) in [5.41, 5.74) is 1.86. The molecule has 0 aliphatic carbocycles. The normalized spacial score (nSPS) is 9.73. The number of hydrogen-bond donors (Lipinski definition) is 1. The molecule has 0 spiro atoms. The zero-order valence-corrected chi connectivity index (χ0v) is 10.8. The molecule has 72 valence electrons. The Kier molecular flexibility index (Phi) is 5.06. The van der Waals surface area contributed by atoms with Crippen LogP contribution in [0.4, 0.5) is 0 Å². The SMILES string of the molecule is OC(c1ccccc1)c1ccccc1.[H-].[Na+]. The minimum atomic E-state index is -0.516. The molecule has 0 saturated heterocycles. The fraction of sp³-hybridized carbons (Fsp3) is 0.0769. The molecule has 0 aliphatic rings. The average Bonchev–Trinajstić information content (AvgIpc) is 2.30. The van der Waals surface area contributed by atoms with Crippen LogP contribution in [0.5, 0.6) is 0 Å². The Bertz CT molecular complexity index is 352. The molecular weight excluding hydrogens is 195 g/mol. The number of aliphatic hydroxyl groups is 1. The van der Waals surface area contributed by atoms with Crippen molar-refractivity contribution in [3.05, 3.63) is 71.8 Å². The van der Waals surface area contributed by atoms with Crippen LogP contribution in [0.2, 0.25) is 0 Å². The third kappa shape index (κ3) is 3.18. The van der Waals surface area contributed by atoms with Gasteiger partial charge in [-0.15, -0.1) is 0 Å². The smallest absolute Gasteiger partial charge is 1.00 e. The molecule has 0 bridgehead atoms. The predicted octanol–water partition coefficient (Wildman–Crippen LogP) is -0.115. The molecule has 0 radical (unpaired) electrons. The maximum Gasteiger partial charge on any atom is 1.00 e. The summed E-state index contributed by atoms with van der Waals surface area (Å²) in [6.45, 7) is 0. The summed E-state index contributed by atoms with van der Waals surface area (Å²) < 4.78 is 0. The van der Waals surface area contributed by atoms with Crippen LogP contribution in [0.3, 0.4) is 0 Å². The van der Waals surface area contributed by atoms with Crippen LogP contribution in [0.15, 0.2) is 60.7 Å². The Labute approximate surface area is 114 Å². The largest absolute Gasteiger partial charge is 1.00 e. The summed E-state index contributed by atoms with van der Waals surface area (Å²) in [5, 5.41) is 9.99. The van der Waals surface area contributed by atoms with E-state index in [1.807, 2.05) is 60.7 Å². The molecular formula is C13H13NaO. The van der Waals surface area contributed by atoms with Gasteiger partial charge in [-0.05, 0) is 11.1 Å². The first kappa shape index (κ1) is 12.5. The van der Waals surface area contributed by atoms with E-state index in [1.165, 1.54) is 0 Å². The first-order valence-corrected chi connectivity index (χ1v) is 4.66. The van der Waals surface area contributed by atoms with Gasteiger partial charge in [0, 0.05) is 0 Å². The molecule has 0 aliphatic heterocycles. The monoisotopic (exact) mass is 208 g/mol. The van der Waals surface area contributed by atoms with Crippen molar-refractivity contribution in [3.63, 3.8) is 0 Å². The molecule has 2 aromatic rings. The van der Waals surface area contributed by atoms with Crippen molar-refractivity contribution in [1.82, 2.24) is 0 Å². The van der Waals surface area contributed by atoms with Gasteiger partial charge in [-0.1, -0.05) is 60.7 Å². The minimum absolute atomic E-state index is 0. The van der Waals surface area contributed by atoms with E-state index in [1.54, 1.807) is 0 Å². The summed E-state index contributed by atoms with van der Waals surface area (Å²) >= 11 is 0. The predicted molar refractivity (Wildman–Crippen MR) is 58.1 cm³/mol. The second-order valence-corrected chi connectivity index (χ2v) is 3.22. The average molecular weight is 208 g/mol. The van der Waals surface area contributed by atoms with Crippen LogP contribution >= 0.6 is 0 Å². The zero-order valence-electron chi connectivity index (χ0n) is 9.80. The van der Waals surface area contributed by atoms with E-state index in [0.717, 1.165) is 11.1 Å². The summed E-state index contributed by atoms with van der Waals surface area (Å²) in [7, 11) is 0. The third-order valence-electron chi connectivity index (χ3n) is 2.23. The van der Waals surface area contributed by atoms with E-state index in [2.05, 4.69) is 0 Å². The summed E-state index contributed by atoms with van der Waals surface area (Å²) in [4.78, 5) is 0. The fourth-order valence-corrected chi connectivity index (χ4v) is 1.46. The van der Waals surface area contributed by atoms with Gasteiger partial charge in [0.05, 0.1) is 0 Å². The van der Waals surface area contributed by atoms with Crippen LogP contribution in [0.25, 0.3) is 0 Å². The summed E-state index contributed by atoms with van der Waals surface area (Å²) in [5.74, 6) is 0. The number of rotatable bonds is 2. The second-order valence-electron chi connectivity index (χ2n) is 3.22. The topological polar surface area (TPSA) is 20.2 Å². The van der Waals surface area contributed by atoms with Gasteiger partial charge in [0.1, 0.15) is 6.10 Å². The van der Waals surface area contributed by atoms with E-state index >= 15 is 0 Å². The third-order valence-corrected chi connectivity index (χ3v) is 2.23. The first-order chi connectivity index (χ1) is 6.88. The van der Waals surface area contributed by atoms with E-state index in [-0.39, 0.29) is 31.0 Å². The van der Waals surface area contributed by atoms with E-state index < -0.39 is 6.10 Å². The van der Waals surface area contributed by atoms with Crippen molar-refractivity contribution in [3.8, 4) is 0 Å². The van der Waals surface area contributed by atoms with Gasteiger partial charge in [0.25, 0.3) is 0 Å². The standard InChI is InChI=1S/C13H12O.Na.H/c14-13(11-7-3-1-4-8-11)12-9-5-2-6-10-12;;/h1-10,13-14H;;/q;+1;-1. The van der Waals surface area contributed by atoms with Crippen molar-refractivity contribution >= 4 is 0 Å². The van der Waals surface area contributed by atoms with Crippen LogP contribution < -0.4 is 29.6 Å². The molecule has 1 nitrogen and oxygen atoms in total. The van der Waals surface area contributed by atoms with Crippen LogP contribution in [-0.2, 0) is 0 Å². The van der Waals surface area contributed by atoms with Crippen molar-refractivity contribution in [2.75, 3.05) is 0 Å². The van der Waals surface area contributed by atoms with E-state index in [4.69, 9.17) is 0 Å². The minimum Gasteiger partial charge on any atom is -1.00 e. The van der Waals surface area contributed by atoms with Gasteiger partial charge in [-0.2, -0.15) is 0 Å². The molecule has 2 aromatic carbocycles. The molecule has 0 fully saturated rings. The maximum atomic E-state index is 9.99. The van der Waals surface area contributed by atoms with Gasteiger partial charge in [0.15, 0.2) is 0 Å². The van der Waals surface area contributed by atoms with Crippen molar-refractivity contribution < 1.29 is 36.1 Å². The first-order valence-electron chi connectivity index (χ1n) is 4.66. The van der Waals surface area contributed by atoms with Gasteiger partial charge >= 0.3 is 29.6 Å². The molecule has 0 atom stereocenters. The molecule has 0 aromatic heterocycles. The second kappa shape index (κ2) is 6.09. The van der Waals surface area contributed by atoms with Crippen LogP contribution in [-0.4, -0.2) is 5.11 Å².